The molecule has 2 aromatic carbocycles. The van der Waals surface area contributed by atoms with Crippen molar-refractivity contribution < 1.29 is 14.3 Å². The van der Waals surface area contributed by atoms with Gasteiger partial charge in [-0.2, -0.15) is 0 Å². The highest BCUT2D eigenvalue weighted by molar-refractivity contribution is 6.07. The van der Waals surface area contributed by atoms with E-state index in [1.807, 2.05) is 31.2 Å². The first kappa shape index (κ1) is 12.3. The first-order valence-electron chi connectivity index (χ1n) is 5.86. The average molecular weight is 242 g/mol. The summed E-state index contributed by atoms with van der Waals surface area (Å²) in [4.78, 5) is 23.1. The van der Waals surface area contributed by atoms with E-state index in [0.29, 0.717) is 5.56 Å². The molecule has 92 valence electrons. The van der Waals surface area contributed by atoms with Crippen molar-refractivity contribution in [1.29, 1.82) is 0 Å². The molecule has 0 aliphatic carbocycles. The number of ether oxygens (including phenoxy) is 1. The van der Waals surface area contributed by atoms with Crippen LogP contribution in [0.1, 0.15) is 29.3 Å². The van der Waals surface area contributed by atoms with E-state index in [0.717, 1.165) is 16.3 Å². The third kappa shape index (κ3) is 2.40. The molecule has 0 aliphatic heterocycles. The quantitative estimate of drug-likeness (QED) is 0.599. The minimum Gasteiger partial charge on any atom is -0.389 e. The molecule has 0 unspecified atom stereocenters. The van der Waals surface area contributed by atoms with Crippen molar-refractivity contribution in [3.8, 4) is 0 Å². The Labute approximate surface area is 105 Å². The van der Waals surface area contributed by atoms with Crippen LogP contribution in [0.25, 0.3) is 10.8 Å². The van der Waals surface area contributed by atoms with Crippen LogP contribution in [0, 0.1) is 6.92 Å². The molecule has 3 heteroatoms. The molecule has 3 nitrogen and oxygen atoms in total. The maximum absolute atomic E-state index is 11.9. The van der Waals surface area contributed by atoms with Crippen LogP contribution in [0.5, 0.6) is 0 Å². The molecule has 0 N–H and O–H groups in total. The van der Waals surface area contributed by atoms with Gasteiger partial charge in [-0.25, -0.2) is 4.79 Å². The molecule has 0 amide bonds. The lowest BCUT2D eigenvalue weighted by Gasteiger charge is -2.06. The number of hydrogen-bond donors (Lipinski definition) is 0. The van der Waals surface area contributed by atoms with E-state index < -0.39 is 11.9 Å². The zero-order valence-corrected chi connectivity index (χ0v) is 10.4. The highest BCUT2D eigenvalue weighted by Gasteiger charge is 2.14. The monoisotopic (exact) mass is 242 g/mol. The third-order valence-corrected chi connectivity index (χ3v) is 2.75. The summed E-state index contributed by atoms with van der Waals surface area (Å²) in [6.45, 7) is 3.61. The number of carbonyl (C=O) groups is 2. The predicted molar refractivity (Wildman–Crippen MR) is 69.4 cm³/mol. The van der Waals surface area contributed by atoms with E-state index in [4.69, 9.17) is 4.74 Å². The maximum atomic E-state index is 11.9. The van der Waals surface area contributed by atoms with Crippen molar-refractivity contribution in [2.24, 2.45) is 0 Å². The molecular formula is C15H14O3. The molecule has 0 radical (unpaired) electrons. The van der Waals surface area contributed by atoms with Crippen LogP contribution in [-0.2, 0) is 9.53 Å². The smallest absolute Gasteiger partial charge is 0.346 e. The van der Waals surface area contributed by atoms with Gasteiger partial charge >= 0.3 is 11.9 Å². The van der Waals surface area contributed by atoms with Crippen molar-refractivity contribution in [3.05, 3.63) is 47.5 Å². The van der Waals surface area contributed by atoms with Gasteiger partial charge in [-0.3, -0.25) is 4.79 Å². The Morgan fingerprint density at radius 2 is 1.94 bits per heavy atom. The number of benzene rings is 2. The molecule has 0 bridgehead atoms. The first-order chi connectivity index (χ1) is 8.61. The highest BCUT2D eigenvalue weighted by Crippen LogP contribution is 2.21. The molecule has 0 saturated heterocycles. The van der Waals surface area contributed by atoms with Gasteiger partial charge in [0.05, 0.1) is 5.56 Å². The summed E-state index contributed by atoms with van der Waals surface area (Å²) >= 11 is 0. The fraction of sp³-hybridized carbons (Fsp3) is 0.200. The second-order valence-electron chi connectivity index (χ2n) is 4.15. The Morgan fingerprint density at radius 1 is 1.17 bits per heavy atom. The van der Waals surface area contributed by atoms with Crippen LogP contribution in [-0.4, -0.2) is 11.9 Å². The standard InChI is InChI=1S/C15H14O3/c1-3-14(16)18-15(17)12-6-4-5-11-8-7-10(2)9-13(11)12/h4-9H,3H2,1-2H3. The lowest BCUT2D eigenvalue weighted by molar-refractivity contribution is -0.137. The molecular weight excluding hydrogens is 228 g/mol. The number of esters is 2. The van der Waals surface area contributed by atoms with Gasteiger partial charge in [-0.1, -0.05) is 42.8 Å². The van der Waals surface area contributed by atoms with E-state index in [-0.39, 0.29) is 6.42 Å². The SMILES string of the molecule is CCC(=O)OC(=O)c1cccc2ccc(C)cc12. The molecule has 0 heterocycles. The largest absolute Gasteiger partial charge is 0.389 e. The van der Waals surface area contributed by atoms with Crippen LogP contribution in [0.15, 0.2) is 36.4 Å². The van der Waals surface area contributed by atoms with Crippen molar-refractivity contribution in [2.45, 2.75) is 20.3 Å². The fourth-order valence-electron chi connectivity index (χ4n) is 1.80. The van der Waals surface area contributed by atoms with E-state index in [1.165, 1.54) is 0 Å². The van der Waals surface area contributed by atoms with Gasteiger partial charge in [-0.05, 0) is 23.8 Å². The van der Waals surface area contributed by atoms with E-state index in [2.05, 4.69) is 0 Å². The average Bonchev–Trinajstić information content (AvgIpc) is 2.37. The Morgan fingerprint density at radius 3 is 2.67 bits per heavy atom. The van der Waals surface area contributed by atoms with Gasteiger partial charge in [-0.15, -0.1) is 0 Å². The normalized spacial score (nSPS) is 10.3. The summed E-state index contributed by atoms with van der Waals surface area (Å²) in [6.07, 6.45) is 0.190. The highest BCUT2D eigenvalue weighted by atomic mass is 16.6. The number of aryl methyl sites for hydroxylation is 1. The van der Waals surface area contributed by atoms with Gasteiger partial charge in [0.15, 0.2) is 0 Å². The predicted octanol–water partition coefficient (Wildman–Crippen LogP) is 3.24. The summed E-state index contributed by atoms with van der Waals surface area (Å²) in [7, 11) is 0. The van der Waals surface area contributed by atoms with Crippen molar-refractivity contribution in [1.82, 2.24) is 0 Å². The summed E-state index contributed by atoms with van der Waals surface area (Å²) in [5, 5.41) is 1.77. The lowest BCUT2D eigenvalue weighted by atomic mass is 10.0. The zero-order chi connectivity index (χ0) is 13.1. The summed E-state index contributed by atoms with van der Waals surface area (Å²) in [5.41, 5.74) is 1.49. The van der Waals surface area contributed by atoms with Gasteiger partial charge in [0.2, 0.25) is 0 Å². The number of rotatable bonds is 2. The van der Waals surface area contributed by atoms with E-state index in [9.17, 15) is 9.59 Å². The maximum Gasteiger partial charge on any atom is 0.346 e. The lowest BCUT2D eigenvalue weighted by Crippen LogP contribution is -2.11. The molecule has 0 spiro atoms. The summed E-state index contributed by atoms with van der Waals surface area (Å²) < 4.78 is 4.76. The van der Waals surface area contributed by atoms with Crippen molar-refractivity contribution >= 4 is 22.7 Å². The Kier molecular flexibility index (Phi) is 3.42. The van der Waals surface area contributed by atoms with Crippen molar-refractivity contribution in [2.75, 3.05) is 0 Å². The second-order valence-corrected chi connectivity index (χ2v) is 4.15. The van der Waals surface area contributed by atoms with E-state index in [1.54, 1.807) is 19.1 Å². The fourth-order valence-corrected chi connectivity index (χ4v) is 1.80. The summed E-state index contributed by atoms with van der Waals surface area (Å²) in [6, 6.07) is 11.2. The molecule has 0 aromatic heterocycles. The van der Waals surface area contributed by atoms with Crippen LogP contribution < -0.4 is 0 Å². The Bertz CT molecular complexity index is 614. The minimum atomic E-state index is -0.585. The van der Waals surface area contributed by atoms with Crippen LogP contribution in [0.3, 0.4) is 0 Å². The minimum absolute atomic E-state index is 0.190. The number of fused-ring (bicyclic) bond motifs is 1. The van der Waals surface area contributed by atoms with E-state index >= 15 is 0 Å². The molecule has 2 aromatic rings. The number of carbonyl (C=O) groups excluding carboxylic acids is 2. The molecule has 0 saturated carbocycles. The van der Waals surface area contributed by atoms with Crippen LogP contribution in [0.4, 0.5) is 0 Å². The zero-order valence-electron chi connectivity index (χ0n) is 10.4. The Balaban J connectivity index is 2.47. The Hall–Kier alpha value is -2.16. The second kappa shape index (κ2) is 5.00. The number of hydrogen-bond acceptors (Lipinski definition) is 3. The summed E-state index contributed by atoms with van der Waals surface area (Å²) in [5.74, 6) is -1.09. The van der Waals surface area contributed by atoms with Gasteiger partial charge in [0.1, 0.15) is 0 Å². The third-order valence-electron chi connectivity index (χ3n) is 2.75. The van der Waals surface area contributed by atoms with Gasteiger partial charge in [0.25, 0.3) is 0 Å². The molecule has 2 rings (SSSR count). The molecule has 0 fully saturated rings. The molecule has 0 atom stereocenters. The van der Waals surface area contributed by atoms with Crippen molar-refractivity contribution in [3.63, 3.8) is 0 Å². The first-order valence-corrected chi connectivity index (χ1v) is 5.86. The molecule has 0 aliphatic rings. The topological polar surface area (TPSA) is 43.4 Å². The molecule has 18 heavy (non-hydrogen) atoms. The van der Waals surface area contributed by atoms with Crippen LogP contribution >= 0.6 is 0 Å². The van der Waals surface area contributed by atoms with Gasteiger partial charge in [0, 0.05) is 6.42 Å². The van der Waals surface area contributed by atoms with Crippen LogP contribution in [0.2, 0.25) is 0 Å². The van der Waals surface area contributed by atoms with Gasteiger partial charge < -0.3 is 4.74 Å².